The van der Waals surface area contributed by atoms with Gasteiger partial charge in [-0.3, -0.25) is 14.6 Å². The van der Waals surface area contributed by atoms with E-state index in [1.807, 2.05) is 25.1 Å². The summed E-state index contributed by atoms with van der Waals surface area (Å²) in [5.41, 5.74) is 1.56. The second-order valence-corrected chi connectivity index (χ2v) is 6.28. The topological polar surface area (TPSA) is 72.6 Å². The van der Waals surface area contributed by atoms with Crippen molar-refractivity contribution in [3.05, 3.63) is 84.1 Å². The van der Waals surface area contributed by atoms with Crippen molar-refractivity contribution in [3.8, 4) is 5.75 Å². The Balaban J connectivity index is 1.64. The fourth-order valence-corrected chi connectivity index (χ4v) is 2.71. The Hall–Kier alpha value is -3.41. The maximum Gasteiger partial charge on any atom is 0.261 e. The lowest BCUT2D eigenvalue weighted by atomic mass is 10.1. The maximum absolute atomic E-state index is 12.8. The average molecular weight is 378 g/mol. The van der Waals surface area contributed by atoms with Crippen LogP contribution >= 0.6 is 0 Å². The Kier molecular flexibility index (Phi) is 6.57. The van der Waals surface area contributed by atoms with Gasteiger partial charge >= 0.3 is 0 Å². The van der Waals surface area contributed by atoms with Crippen LogP contribution in [0.5, 0.6) is 5.75 Å². The van der Waals surface area contributed by atoms with Crippen LogP contribution in [0.3, 0.4) is 0 Å². The molecule has 3 rings (SSSR count). The molecule has 0 saturated heterocycles. The van der Waals surface area contributed by atoms with Gasteiger partial charge in [-0.05, 0) is 48.0 Å². The highest BCUT2D eigenvalue weighted by atomic mass is 16.5. The van der Waals surface area contributed by atoms with Gasteiger partial charge in [0.05, 0.1) is 12.8 Å². The Bertz CT molecular complexity index is 890. The van der Waals surface area contributed by atoms with Gasteiger partial charge in [0, 0.05) is 30.9 Å². The van der Waals surface area contributed by atoms with Gasteiger partial charge in [0.15, 0.2) is 12.4 Å². The van der Waals surface area contributed by atoms with E-state index in [2.05, 4.69) is 4.98 Å². The molecule has 1 amide bonds. The number of pyridine rings is 1. The zero-order valence-corrected chi connectivity index (χ0v) is 15.7. The molecule has 0 bridgehead atoms. The number of nitrogens with zero attached hydrogens (tertiary/aromatic N) is 2. The van der Waals surface area contributed by atoms with Gasteiger partial charge < -0.3 is 14.1 Å². The minimum atomic E-state index is -0.172. The van der Waals surface area contributed by atoms with Gasteiger partial charge in [0.1, 0.15) is 11.5 Å². The number of furan rings is 1. The minimum Gasteiger partial charge on any atom is -0.484 e. The van der Waals surface area contributed by atoms with Crippen LogP contribution in [0, 0.1) is 0 Å². The lowest BCUT2D eigenvalue weighted by Gasteiger charge is -2.22. The summed E-state index contributed by atoms with van der Waals surface area (Å²) in [4.78, 5) is 30.2. The number of hydrogen-bond acceptors (Lipinski definition) is 5. The summed E-state index contributed by atoms with van der Waals surface area (Å²) in [7, 11) is 0. The molecule has 0 radical (unpaired) electrons. The molecule has 144 valence electrons. The fourth-order valence-electron chi connectivity index (χ4n) is 2.71. The number of rotatable bonds is 9. The molecule has 0 aliphatic heterocycles. The van der Waals surface area contributed by atoms with Gasteiger partial charge in [0.2, 0.25) is 0 Å². The molecule has 0 N–H and O–H groups in total. The number of carbonyl (C=O) groups is 2. The van der Waals surface area contributed by atoms with Gasteiger partial charge in [-0.25, -0.2) is 0 Å². The summed E-state index contributed by atoms with van der Waals surface area (Å²) in [6.07, 6.45) is 5.46. The van der Waals surface area contributed by atoms with E-state index in [-0.39, 0.29) is 18.3 Å². The van der Waals surface area contributed by atoms with E-state index >= 15 is 0 Å². The second kappa shape index (κ2) is 9.50. The first-order chi connectivity index (χ1) is 13.7. The van der Waals surface area contributed by atoms with Crippen LogP contribution in [0.4, 0.5) is 0 Å². The molecule has 2 heterocycles. The number of ketones is 1. The van der Waals surface area contributed by atoms with E-state index in [0.717, 1.165) is 5.56 Å². The SMILES string of the molecule is CCC(=O)c1ccc(OCC(=O)N(Cc2cccnc2)Cc2ccco2)cc1. The lowest BCUT2D eigenvalue weighted by Crippen LogP contribution is -2.34. The number of carbonyl (C=O) groups excluding carboxylic acids is 2. The number of ether oxygens (including phenoxy) is 1. The van der Waals surface area contributed by atoms with Gasteiger partial charge in [-0.2, -0.15) is 0 Å². The molecule has 1 aromatic carbocycles. The number of hydrogen-bond donors (Lipinski definition) is 0. The molecule has 3 aromatic rings. The number of aromatic nitrogens is 1. The van der Waals surface area contributed by atoms with Crippen molar-refractivity contribution in [1.29, 1.82) is 0 Å². The second-order valence-electron chi connectivity index (χ2n) is 6.28. The number of amides is 1. The first kappa shape index (κ1) is 19.4. The third kappa shape index (κ3) is 5.30. The molecule has 28 heavy (non-hydrogen) atoms. The summed E-state index contributed by atoms with van der Waals surface area (Å²) in [6.45, 7) is 2.46. The van der Waals surface area contributed by atoms with E-state index in [1.54, 1.807) is 53.9 Å². The Labute approximate surface area is 163 Å². The molecule has 2 aromatic heterocycles. The van der Waals surface area contributed by atoms with E-state index in [9.17, 15) is 9.59 Å². The van der Waals surface area contributed by atoms with Crippen molar-refractivity contribution >= 4 is 11.7 Å². The highest BCUT2D eigenvalue weighted by Gasteiger charge is 2.17. The van der Waals surface area contributed by atoms with Gasteiger partial charge in [0.25, 0.3) is 5.91 Å². The van der Waals surface area contributed by atoms with Crippen molar-refractivity contribution < 1.29 is 18.7 Å². The Morgan fingerprint density at radius 1 is 1.07 bits per heavy atom. The highest BCUT2D eigenvalue weighted by Crippen LogP contribution is 2.15. The third-order valence-corrected chi connectivity index (χ3v) is 4.24. The summed E-state index contributed by atoms with van der Waals surface area (Å²) < 4.78 is 11.0. The molecule has 0 spiro atoms. The van der Waals surface area contributed by atoms with Crippen molar-refractivity contribution in [3.63, 3.8) is 0 Å². The summed E-state index contributed by atoms with van der Waals surface area (Å²) >= 11 is 0. The van der Waals surface area contributed by atoms with Crippen LogP contribution in [-0.4, -0.2) is 28.2 Å². The molecule has 0 fully saturated rings. The predicted octanol–water partition coefficient (Wildman–Crippen LogP) is 3.88. The largest absolute Gasteiger partial charge is 0.484 e. The molecular weight excluding hydrogens is 356 g/mol. The molecule has 0 atom stereocenters. The summed E-state index contributed by atoms with van der Waals surface area (Å²) in [5, 5.41) is 0. The summed E-state index contributed by atoms with van der Waals surface area (Å²) in [6, 6.07) is 14.2. The predicted molar refractivity (Wildman–Crippen MR) is 104 cm³/mol. The molecular formula is C22H22N2O4. The highest BCUT2D eigenvalue weighted by molar-refractivity contribution is 5.95. The standard InChI is InChI=1S/C22H22N2O4/c1-2-21(25)18-7-9-19(10-8-18)28-16-22(26)24(15-20-6-4-12-27-20)14-17-5-3-11-23-13-17/h3-13H,2,14-16H2,1H3. The van der Waals surface area contributed by atoms with Crippen molar-refractivity contribution in [2.45, 2.75) is 26.4 Å². The van der Waals surface area contributed by atoms with E-state index < -0.39 is 0 Å². The van der Waals surface area contributed by atoms with Crippen LogP contribution in [0.2, 0.25) is 0 Å². The van der Waals surface area contributed by atoms with Gasteiger partial charge in [-0.1, -0.05) is 13.0 Å². The number of Topliss-reactive ketones (excluding diaryl/α,β-unsaturated/α-hetero) is 1. The molecule has 0 aliphatic rings. The normalized spacial score (nSPS) is 10.5. The average Bonchev–Trinajstić information content (AvgIpc) is 3.25. The van der Waals surface area contributed by atoms with Crippen LogP contribution < -0.4 is 4.74 Å². The Morgan fingerprint density at radius 3 is 2.54 bits per heavy atom. The van der Waals surface area contributed by atoms with Crippen molar-refractivity contribution in [1.82, 2.24) is 9.88 Å². The lowest BCUT2D eigenvalue weighted by molar-refractivity contribution is -0.134. The maximum atomic E-state index is 12.8. The first-order valence-corrected chi connectivity index (χ1v) is 9.11. The molecule has 6 heteroatoms. The van der Waals surface area contributed by atoms with Crippen molar-refractivity contribution in [2.24, 2.45) is 0 Å². The van der Waals surface area contributed by atoms with Crippen molar-refractivity contribution in [2.75, 3.05) is 6.61 Å². The first-order valence-electron chi connectivity index (χ1n) is 9.11. The van der Waals surface area contributed by atoms with Crippen LogP contribution in [-0.2, 0) is 17.9 Å². The molecule has 0 aliphatic carbocycles. The van der Waals surface area contributed by atoms with Crippen LogP contribution in [0.15, 0.2) is 71.6 Å². The van der Waals surface area contributed by atoms with Crippen LogP contribution in [0.25, 0.3) is 0 Å². The van der Waals surface area contributed by atoms with Crippen LogP contribution in [0.1, 0.15) is 35.0 Å². The molecule has 0 saturated carbocycles. The van der Waals surface area contributed by atoms with E-state index in [1.165, 1.54) is 0 Å². The van der Waals surface area contributed by atoms with E-state index in [4.69, 9.17) is 9.15 Å². The summed E-state index contributed by atoms with van der Waals surface area (Å²) in [5.74, 6) is 1.14. The van der Waals surface area contributed by atoms with Gasteiger partial charge in [-0.15, -0.1) is 0 Å². The smallest absolute Gasteiger partial charge is 0.261 e. The molecule has 0 unspecified atom stereocenters. The zero-order valence-electron chi connectivity index (χ0n) is 15.7. The Morgan fingerprint density at radius 2 is 1.89 bits per heavy atom. The third-order valence-electron chi connectivity index (χ3n) is 4.24. The van der Waals surface area contributed by atoms with E-state index in [0.29, 0.717) is 36.6 Å². The number of benzene rings is 1. The zero-order chi connectivity index (χ0) is 19.8. The fraction of sp³-hybridized carbons (Fsp3) is 0.227. The monoisotopic (exact) mass is 378 g/mol. The quantitative estimate of drug-likeness (QED) is 0.529. The molecule has 6 nitrogen and oxygen atoms in total. The minimum absolute atomic E-state index is 0.0729.